The Labute approximate surface area is 108 Å². The zero-order chi connectivity index (χ0) is 13.9. The number of carbonyl (C=O) groups is 2. The highest BCUT2D eigenvalue weighted by Crippen LogP contribution is 2.14. The molecule has 6 heteroatoms. The molecule has 1 heterocycles. The van der Waals surface area contributed by atoms with E-state index in [1.807, 2.05) is 14.0 Å². The lowest BCUT2D eigenvalue weighted by Gasteiger charge is -2.38. The van der Waals surface area contributed by atoms with Gasteiger partial charge in [0.2, 0.25) is 0 Å². The molecule has 104 valence electrons. The minimum absolute atomic E-state index is 0.139. The molecule has 1 aliphatic heterocycles. The summed E-state index contributed by atoms with van der Waals surface area (Å²) in [5.74, 6) is -0.908. The molecular weight excluding hydrogens is 234 g/mol. The Hall–Kier alpha value is -1.30. The minimum Gasteiger partial charge on any atom is -0.481 e. The Balaban J connectivity index is 2.49. The van der Waals surface area contributed by atoms with Crippen LogP contribution in [-0.4, -0.2) is 66.2 Å². The number of piperazine rings is 1. The molecule has 6 nitrogen and oxygen atoms in total. The molecule has 1 saturated heterocycles. The Morgan fingerprint density at radius 3 is 2.50 bits per heavy atom. The molecule has 0 aromatic heterocycles. The van der Waals surface area contributed by atoms with Gasteiger partial charge in [-0.25, -0.2) is 4.79 Å². The van der Waals surface area contributed by atoms with Crippen LogP contribution in [0.4, 0.5) is 4.79 Å². The van der Waals surface area contributed by atoms with Crippen LogP contribution in [0, 0.1) is 5.41 Å². The van der Waals surface area contributed by atoms with Crippen LogP contribution in [0.25, 0.3) is 0 Å². The molecular formula is C12H23N3O3. The van der Waals surface area contributed by atoms with Gasteiger partial charge in [0.05, 0.1) is 5.41 Å². The van der Waals surface area contributed by atoms with E-state index in [4.69, 9.17) is 5.11 Å². The molecule has 0 radical (unpaired) electrons. The maximum atomic E-state index is 12.0. The van der Waals surface area contributed by atoms with Crippen LogP contribution in [-0.2, 0) is 4.79 Å². The number of urea groups is 1. The molecule has 2 N–H and O–H groups in total. The topological polar surface area (TPSA) is 72.9 Å². The van der Waals surface area contributed by atoms with Crippen molar-refractivity contribution in [1.29, 1.82) is 0 Å². The highest BCUT2D eigenvalue weighted by atomic mass is 16.4. The molecule has 0 aromatic rings. The molecule has 1 aliphatic rings. The summed E-state index contributed by atoms with van der Waals surface area (Å²) in [6.07, 6.45) is 0. The van der Waals surface area contributed by atoms with Gasteiger partial charge in [-0.15, -0.1) is 0 Å². The molecule has 1 fully saturated rings. The van der Waals surface area contributed by atoms with E-state index in [-0.39, 0.29) is 18.6 Å². The molecule has 0 saturated carbocycles. The summed E-state index contributed by atoms with van der Waals surface area (Å²) in [6, 6.07) is -0.0263. The summed E-state index contributed by atoms with van der Waals surface area (Å²) in [5.41, 5.74) is -0.939. The van der Waals surface area contributed by atoms with E-state index in [0.29, 0.717) is 6.54 Å². The molecule has 0 bridgehead atoms. The zero-order valence-electron chi connectivity index (χ0n) is 11.6. The number of amides is 2. The van der Waals surface area contributed by atoms with E-state index in [9.17, 15) is 9.59 Å². The molecule has 0 aliphatic carbocycles. The highest BCUT2D eigenvalue weighted by molar-refractivity contribution is 5.77. The fourth-order valence-corrected chi connectivity index (χ4v) is 1.92. The van der Waals surface area contributed by atoms with Crippen molar-refractivity contribution in [1.82, 2.24) is 15.1 Å². The third kappa shape index (κ3) is 3.60. The summed E-state index contributed by atoms with van der Waals surface area (Å²) in [6.45, 7) is 7.71. The Morgan fingerprint density at radius 1 is 1.39 bits per heavy atom. The lowest BCUT2D eigenvalue weighted by molar-refractivity contribution is -0.146. The van der Waals surface area contributed by atoms with Gasteiger partial charge in [0.1, 0.15) is 0 Å². The van der Waals surface area contributed by atoms with Crippen molar-refractivity contribution in [2.45, 2.75) is 26.8 Å². The average Bonchev–Trinajstić information content (AvgIpc) is 2.25. The summed E-state index contributed by atoms with van der Waals surface area (Å²) in [5, 5.41) is 11.7. The quantitative estimate of drug-likeness (QED) is 0.769. The second kappa shape index (κ2) is 5.56. The van der Waals surface area contributed by atoms with Crippen molar-refractivity contribution < 1.29 is 14.7 Å². The van der Waals surface area contributed by atoms with E-state index in [0.717, 1.165) is 13.1 Å². The third-order valence-corrected chi connectivity index (χ3v) is 3.35. The molecule has 1 rings (SSSR count). The van der Waals surface area contributed by atoms with Gasteiger partial charge in [-0.1, -0.05) is 0 Å². The highest BCUT2D eigenvalue weighted by Gasteiger charge is 2.30. The number of nitrogens with one attached hydrogen (secondary N) is 1. The number of hydrogen-bond donors (Lipinski definition) is 2. The number of nitrogens with zero attached hydrogens (tertiary/aromatic N) is 2. The van der Waals surface area contributed by atoms with Crippen molar-refractivity contribution in [3.05, 3.63) is 0 Å². The molecule has 18 heavy (non-hydrogen) atoms. The van der Waals surface area contributed by atoms with Crippen LogP contribution in [0.3, 0.4) is 0 Å². The van der Waals surface area contributed by atoms with Crippen LogP contribution in [0.5, 0.6) is 0 Å². The molecule has 1 atom stereocenters. The van der Waals surface area contributed by atoms with Gasteiger partial charge in [-0.2, -0.15) is 0 Å². The van der Waals surface area contributed by atoms with E-state index < -0.39 is 11.4 Å². The van der Waals surface area contributed by atoms with Crippen LogP contribution in [0.2, 0.25) is 0 Å². The van der Waals surface area contributed by atoms with Crippen molar-refractivity contribution in [2.75, 3.05) is 33.2 Å². The van der Waals surface area contributed by atoms with Crippen LogP contribution < -0.4 is 5.32 Å². The maximum absolute atomic E-state index is 12.0. The van der Waals surface area contributed by atoms with Crippen molar-refractivity contribution in [3.8, 4) is 0 Å². The van der Waals surface area contributed by atoms with Gasteiger partial charge in [0.15, 0.2) is 0 Å². The number of hydrogen-bond acceptors (Lipinski definition) is 3. The van der Waals surface area contributed by atoms with Gasteiger partial charge < -0.3 is 20.2 Å². The summed E-state index contributed by atoms with van der Waals surface area (Å²) < 4.78 is 0. The first-order chi connectivity index (χ1) is 8.24. The Bertz CT molecular complexity index is 331. The molecule has 1 unspecified atom stereocenters. The van der Waals surface area contributed by atoms with Crippen LogP contribution in [0.1, 0.15) is 20.8 Å². The summed E-state index contributed by atoms with van der Waals surface area (Å²) in [4.78, 5) is 26.9. The number of carboxylic acids is 1. The Kier molecular flexibility index (Phi) is 4.56. The van der Waals surface area contributed by atoms with Gasteiger partial charge in [-0.05, 0) is 27.8 Å². The second-order valence-electron chi connectivity index (χ2n) is 5.65. The molecule has 0 aromatic carbocycles. The normalized spacial score (nSPS) is 21.8. The van der Waals surface area contributed by atoms with Crippen LogP contribution in [0.15, 0.2) is 0 Å². The smallest absolute Gasteiger partial charge is 0.317 e. The number of likely N-dealkylation sites (N-methyl/N-ethyl adjacent to an activating group) is 1. The number of carboxylic acid groups (broad SMARTS) is 1. The second-order valence-corrected chi connectivity index (χ2v) is 5.65. The van der Waals surface area contributed by atoms with Gasteiger partial charge in [-0.3, -0.25) is 4.79 Å². The lowest BCUT2D eigenvalue weighted by atomic mass is 9.94. The Morgan fingerprint density at radius 2 is 2.00 bits per heavy atom. The predicted molar refractivity (Wildman–Crippen MR) is 68.5 cm³/mol. The third-order valence-electron chi connectivity index (χ3n) is 3.35. The molecule has 2 amide bonds. The fourth-order valence-electron chi connectivity index (χ4n) is 1.92. The number of rotatable bonds is 3. The SMILES string of the molecule is CC1CN(C)CCN1C(=O)NCC(C)(C)C(=O)O. The van der Waals surface area contributed by atoms with Gasteiger partial charge >= 0.3 is 12.0 Å². The fraction of sp³-hybridized carbons (Fsp3) is 0.833. The van der Waals surface area contributed by atoms with E-state index in [2.05, 4.69) is 10.2 Å². The summed E-state index contributed by atoms with van der Waals surface area (Å²) >= 11 is 0. The maximum Gasteiger partial charge on any atom is 0.317 e. The summed E-state index contributed by atoms with van der Waals surface area (Å²) in [7, 11) is 2.03. The average molecular weight is 257 g/mol. The first-order valence-corrected chi connectivity index (χ1v) is 6.20. The van der Waals surface area contributed by atoms with Crippen molar-refractivity contribution >= 4 is 12.0 Å². The lowest BCUT2D eigenvalue weighted by Crippen LogP contribution is -2.56. The number of aliphatic carboxylic acids is 1. The predicted octanol–water partition coefficient (Wildman–Crippen LogP) is 0.443. The first kappa shape index (κ1) is 14.8. The zero-order valence-corrected chi connectivity index (χ0v) is 11.6. The molecule has 0 spiro atoms. The van der Waals surface area contributed by atoms with E-state index in [1.165, 1.54) is 0 Å². The van der Waals surface area contributed by atoms with Crippen molar-refractivity contribution in [2.24, 2.45) is 5.41 Å². The van der Waals surface area contributed by atoms with Crippen LogP contribution >= 0.6 is 0 Å². The van der Waals surface area contributed by atoms with E-state index >= 15 is 0 Å². The monoisotopic (exact) mass is 257 g/mol. The standard InChI is InChI=1S/C12H23N3O3/c1-9-7-14(4)5-6-15(9)11(18)13-8-12(2,3)10(16)17/h9H,5-8H2,1-4H3,(H,13,18)(H,16,17). The van der Waals surface area contributed by atoms with Crippen molar-refractivity contribution in [3.63, 3.8) is 0 Å². The van der Waals surface area contributed by atoms with E-state index in [1.54, 1.807) is 18.7 Å². The van der Waals surface area contributed by atoms with Gasteiger partial charge in [0.25, 0.3) is 0 Å². The largest absolute Gasteiger partial charge is 0.481 e. The van der Waals surface area contributed by atoms with Gasteiger partial charge in [0, 0.05) is 32.2 Å². The number of carbonyl (C=O) groups excluding carboxylic acids is 1. The minimum atomic E-state index is -0.939. The first-order valence-electron chi connectivity index (χ1n) is 6.20.